The van der Waals surface area contributed by atoms with Crippen LogP contribution in [0.2, 0.25) is 0 Å². The molecule has 0 bridgehead atoms. The summed E-state index contributed by atoms with van der Waals surface area (Å²) in [6.07, 6.45) is 2.30. The van der Waals surface area contributed by atoms with E-state index in [1.807, 2.05) is 47.9 Å². The summed E-state index contributed by atoms with van der Waals surface area (Å²) in [5.41, 5.74) is 4.39. The smallest absolute Gasteiger partial charge is 0.247 e. The van der Waals surface area contributed by atoms with Crippen molar-refractivity contribution in [1.82, 2.24) is 14.5 Å². The van der Waals surface area contributed by atoms with Crippen molar-refractivity contribution in [3.63, 3.8) is 0 Å². The molecule has 0 aliphatic carbocycles. The Morgan fingerprint density at radius 3 is 2.48 bits per heavy atom. The van der Waals surface area contributed by atoms with Crippen LogP contribution in [0.1, 0.15) is 50.3 Å². The van der Waals surface area contributed by atoms with Crippen LogP contribution in [0.25, 0.3) is 11.2 Å². The molecule has 5 nitrogen and oxygen atoms in total. The number of anilines is 1. The first-order chi connectivity index (χ1) is 16.0. The van der Waals surface area contributed by atoms with E-state index in [1.54, 1.807) is 18.3 Å². The van der Waals surface area contributed by atoms with Crippen molar-refractivity contribution in [1.29, 1.82) is 0 Å². The molecule has 0 aliphatic heterocycles. The highest BCUT2D eigenvalue weighted by atomic mass is 32.2. The first kappa shape index (κ1) is 23.0. The summed E-state index contributed by atoms with van der Waals surface area (Å²) in [5, 5.41) is 3.77. The second-order valence-electron chi connectivity index (χ2n) is 8.22. The highest BCUT2D eigenvalue weighted by Gasteiger charge is 2.25. The highest BCUT2D eigenvalue weighted by molar-refractivity contribution is 7.98. The van der Waals surface area contributed by atoms with E-state index in [9.17, 15) is 9.18 Å². The Bertz CT molecular complexity index is 1240. The molecule has 4 rings (SSSR count). The Morgan fingerprint density at radius 2 is 1.82 bits per heavy atom. The van der Waals surface area contributed by atoms with Crippen LogP contribution in [0.4, 0.5) is 10.1 Å². The molecule has 1 N–H and O–H groups in total. The van der Waals surface area contributed by atoms with Crippen molar-refractivity contribution in [2.45, 2.75) is 50.1 Å². The second-order valence-corrected chi connectivity index (χ2v) is 9.16. The van der Waals surface area contributed by atoms with Gasteiger partial charge in [0.25, 0.3) is 0 Å². The van der Waals surface area contributed by atoms with E-state index in [-0.39, 0.29) is 11.7 Å². The maximum Gasteiger partial charge on any atom is 0.247 e. The minimum Gasteiger partial charge on any atom is -0.324 e. The van der Waals surface area contributed by atoms with Gasteiger partial charge in [-0.1, -0.05) is 56.8 Å². The number of pyridine rings is 1. The summed E-state index contributed by atoms with van der Waals surface area (Å²) in [7, 11) is 0. The van der Waals surface area contributed by atoms with E-state index in [1.165, 1.54) is 29.5 Å². The van der Waals surface area contributed by atoms with Crippen LogP contribution in [-0.4, -0.2) is 20.4 Å². The lowest BCUT2D eigenvalue weighted by Gasteiger charge is -2.19. The Morgan fingerprint density at radius 1 is 1.09 bits per heavy atom. The van der Waals surface area contributed by atoms with Crippen molar-refractivity contribution in [2.75, 3.05) is 5.32 Å². The molecule has 2 heterocycles. The molecule has 0 radical (unpaired) electrons. The van der Waals surface area contributed by atoms with Gasteiger partial charge < -0.3 is 5.32 Å². The van der Waals surface area contributed by atoms with E-state index in [0.29, 0.717) is 28.9 Å². The average molecular weight is 463 g/mol. The first-order valence-corrected chi connectivity index (χ1v) is 12.1. The van der Waals surface area contributed by atoms with Gasteiger partial charge in [0.15, 0.2) is 10.8 Å². The standard InChI is InChI=1S/C26H27FN4OS/c1-4-23(25(32)29-21-13-9-19(10-14-21)17(2)3)31-24-22(6-5-15-28-24)30-26(31)33-16-18-7-11-20(27)12-8-18/h5-15,17,23H,4,16H2,1-3H3,(H,29,32)/t23-/m0/s1. The number of halogens is 1. The number of imidazole rings is 1. The summed E-state index contributed by atoms with van der Waals surface area (Å²) in [6, 6.07) is 17.7. The largest absolute Gasteiger partial charge is 0.324 e. The summed E-state index contributed by atoms with van der Waals surface area (Å²) in [6.45, 7) is 6.27. The number of carbonyl (C=O) groups is 1. The fraction of sp³-hybridized carbons (Fsp3) is 0.269. The topological polar surface area (TPSA) is 59.8 Å². The monoisotopic (exact) mass is 462 g/mol. The number of rotatable bonds is 8. The number of benzene rings is 2. The summed E-state index contributed by atoms with van der Waals surface area (Å²) in [4.78, 5) is 22.6. The zero-order chi connectivity index (χ0) is 23.4. The SMILES string of the molecule is CC[C@@H](C(=O)Nc1ccc(C(C)C)cc1)n1c(SCc2ccc(F)cc2)nc2cccnc21. The van der Waals surface area contributed by atoms with E-state index < -0.39 is 6.04 Å². The van der Waals surface area contributed by atoms with Crippen molar-refractivity contribution < 1.29 is 9.18 Å². The predicted molar refractivity (Wildman–Crippen MR) is 132 cm³/mol. The number of carbonyl (C=O) groups excluding carboxylic acids is 1. The quantitative estimate of drug-likeness (QED) is 0.301. The molecule has 0 spiro atoms. The lowest BCUT2D eigenvalue weighted by molar-refractivity contribution is -0.119. The Labute approximate surface area is 197 Å². The van der Waals surface area contributed by atoms with Crippen LogP contribution < -0.4 is 5.32 Å². The first-order valence-electron chi connectivity index (χ1n) is 11.1. The average Bonchev–Trinajstić information content (AvgIpc) is 3.18. The summed E-state index contributed by atoms with van der Waals surface area (Å²) in [5.74, 6) is 0.674. The maximum atomic E-state index is 13.3. The van der Waals surface area contributed by atoms with Crippen molar-refractivity contribution in [3.8, 4) is 0 Å². The Hall–Kier alpha value is -3.19. The van der Waals surface area contributed by atoms with Crippen molar-refractivity contribution in [3.05, 3.63) is 83.8 Å². The van der Waals surface area contributed by atoms with Crippen LogP contribution in [0, 0.1) is 5.82 Å². The number of thioether (sulfide) groups is 1. The number of amides is 1. The third-order valence-electron chi connectivity index (χ3n) is 5.54. The maximum absolute atomic E-state index is 13.3. The molecule has 33 heavy (non-hydrogen) atoms. The lowest BCUT2D eigenvalue weighted by Crippen LogP contribution is -2.26. The van der Waals surface area contributed by atoms with Gasteiger partial charge in [-0.05, 0) is 59.9 Å². The van der Waals surface area contributed by atoms with Crippen LogP contribution in [-0.2, 0) is 10.5 Å². The molecule has 7 heteroatoms. The van der Waals surface area contributed by atoms with E-state index in [4.69, 9.17) is 4.98 Å². The number of hydrogen-bond acceptors (Lipinski definition) is 4. The van der Waals surface area contributed by atoms with Crippen LogP contribution in [0.3, 0.4) is 0 Å². The Kier molecular flexibility index (Phi) is 7.08. The fourth-order valence-corrected chi connectivity index (χ4v) is 4.69. The van der Waals surface area contributed by atoms with Gasteiger partial charge >= 0.3 is 0 Å². The molecule has 0 fully saturated rings. The molecule has 0 saturated carbocycles. The molecule has 1 amide bonds. The number of hydrogen-bond donors (Lipinski definition) is 1. The van der Waals surface area contributed by atoms with E-state index in [0.717, 1.165) is 16.8 Å². The van der Waals surface area contributed by atoms with Gasteiger partial charge in [-0.3, -0.25) is 9.36 Å². The molecule has 2 aromatic heterocycles. The molecule has 0 saturated heterocycles. The van der Waals surface area contributed by atoms with E-state index >= 15 is 0 Å². The number of nitrogens with one attached hydrogen (secondary N) is 1. The highest BCUT2D eigenvalue weighted by Crippen LogP contribution is 2.31. The van der Waals surface area contributed by atoms with Gasteiger partial charge in [-0.25, -0.2) is 14.4 Å². The van der Waals surface area contributed by atoms with Crippen LogP contribution >= 0.6 is 11.8 Å². The minimum absolute atomic E-state index is 0.108. The molecule has 170 valence electrons. The zero-order valence-corrected chi connectivity index (χ0v) is 19.8. The van der Waals surface area contributed by atoms with Gasteiger partial charge in [0, 0.05) is 17.6 Å². The molecule has 0 unspecified atom stereocenters. The molecule has 2 aromatic carbocycles. The fourth-order valence-electron chi connectivity index (χ4n) is 3.68. The third kappa shape index (κ3) is 5.25. The number of nitrogens with zero attached hydrogens (tertiary/aromatic N) is 3. The van der Waals surface area contributed by atoms with Gasteiger partial charge in [0.1, 0.15) is 17.4 Å². The minimum atomic E-state index is -0.467. The third-order valence-corrected chi connectivity index (χ3v) is 6.57. The van der Waals surface area contributed by atoms with Crippen LogP contribution in [0.5, 0.6) is 0 Å². The van der Waals surface area contributed by atoms with Gasteiger partial charge in [0.2, 0.25) is 5.91 Å². The molecular formula is C26H27FN4OS. The second kappa shape index (κ2) is 10.2. The molecule has 0 aliphatic rings. The molecular weight excluding hydrogens is 435 g/mol. The number of aromatic nitrogens is 3. The van der Waals surface area contributed by atoms with Gasteiger partial charge in [-0.15, -0.1) is 0 Å². The van der Waals surface area contributed by atoms with E-state index in [2.05, 4.69) is 24.1 Å². The predicted octanol–water partition coefficient (Wildman–Crippen LogP) is 6.58. The lowest BCUT2D eigenvalue weighted by atomic mass is 10.0. The molecule has 1 atom stereocenters. The number of fused-ring (bicyclic) bond motifs is 1. The van der Waals surface area contributed by atoms with Gasteiger partial charge in [-0.2, -0.15) is 0 Å². The Balaban J connectivity index is 1.61. The van der Waals surface area contributed by atoms with Crippen molar-refractivity contribution >= 4 is 34.5 Å². The normalized spacial score (nSPS) is 12.3. The van der Waals surface area contributed by atoms with Crippen molar-refractivity contribution in [2.24, 2.45) is 0 Å². The zero-order valence-electron chi connectivity index (χ0n) is 19.0. The van der Waals surface area contributed by atoms with Gasteiger partial charge in [0.05, 0.1) is 0 Å². The molecule has 4 aromatic rings. The summed E-state index contributed by atoms with van der Waals surface area (Å²) < 4.78 is 15.2. The summed E-state index contributed by atoms with van der Waals surface area (Å²) >= 11 is 1.51. The van der Waals surface area contributed by atoms with Crippen LogP contribution in [0.15, 0.2) is 72.0 Å².